The number of aromatic nitrogens is 4. The van der Waals surface area contributed by atoms with Crippen molar-refractivity contribution in [1.29, 1.82) is 0 Å². The molecule has 0 N–H and O–H groups in total. The van der Waals surface area contributed by atoms with Gasteiger partial charge in [-0.3, -0.25) is 4.40 Å². The Morgan fingerprint density at radius 3 is 2.41 bits per heavy atom. The number of anilines is 1. The van der Waals surface area contributed by atoms with E-state index in [1.54, 1.807) is 12.1 Å². The highest BCUT2D eigenvalue weighted by atomic mass is 19.1. The predicted octanol–water partition coefficient (Wildman–Crippen LogP) is 2.84. The van der Waals surface area contributed by atoms with Gasteiger partial charge >= 0.3 is 0 Å². The van der Waals surface area contributed by atoms with Crippen molar-refractivity contribution in [2.24, 2.45) is 0 Å². The fourth-order valence-electron chi connectivity index (χ4n) is 3.59. The molecule has 0 radical (unpaired) electrons. The van der Waals surface area contributed by atoms with Crippen molar-refractivity contribution in [1.82, 2.24) is 24.5 Å². The molecule has 136 valence electrons. The molecule has 7 heteroatoms. The van der Waals surface area contributed by atoms with E-state index in [0.29, 0.717) is 5.82 Å². The topological polar surface area (TPSA) is 49.6 Å². The molecule has 2 aromatic heterocycles. The Morgan fingerprint density at radius 1 is 0.889 bits per heavy atom. The van der Waals surface area contributed by atoms with E-state index < -0.39 is 0 Å². The molecule has 0 amide bonds. The van der Waals surface area contributed by atoms with Crippen molar-refractivity contribution in [2.45, 2.75) is 0 Å². The van der Waals surface area contributed by atoms with Gasteiger partial charge in [0.2, 0.25) is 5.65 Å². The molecule has 0 unspecified atom stereocenters. The van der Waals surface area contributed by atoms with E-state index in [9.17, 15) is 4.39 Å². The number of piperazine rings is 1. The lowest BCUT2D eigenvalue weighted by Crippen LogP contribution is -2.45. The average Bonchev–Trinajstić information content (AvgIpc) is 3.14. The van der Waals surface area contributed by atoms with Crippen LogP contribution in [0.4, 0.5) is 10.2 Å². The van der Waals surface area contributed by atoms with Gasteiger partial charge in [-0.25, -0.2) is 9.37 Å². The molecule has 0 spiro atoms. The Labute approximate surface area is 155 Å². The average molecular weight is 362 g/mol. The van der Waals surface area contributed by atoms with E-state index >= 15 is 0 Å². The summed E-state index contributed by atoms with van der Waals surface area (Å²) in [6, 6.07) is 14.3. The molecule has 1 aliphatic rings. The molecule has 0 saturated carbocycles. The lowest BCUT2D eigenvalue weighted by molar-refractivity contribution is 0.312. The first-order valence-electron chi connectivity index (χ1n) is 9.04. The van der Waals surface area contributed by atoms with Crippen LogP contribution in [0.15, 0.2) is 48.5 Å². The SMILES string of the molecule is CN1CCN(c2nc3ccccc3n3c(-c4ccc(F)cc4)nnc23)CC1. The van der Waals surface area contributed by atoms with Gasteiger partial charge in [-0.15, -0.1) is 10.2 Å². The molecule has 1 aliphatic heterocycles. The maximum absolute atomic E-state index is 13.4. The Balaban J connectivity index is 1.76. The van der Waals surface area contributed by atoms with Crippen LogP contribution in [0.3, 0.4) is 0 Å². The first-order chi connectivity index (χ1) is 13.2. The largest absolute Gasteiger partial charge is 0.351 e. The van der Waals surface area contributed by atoms with Crippen LogP contribution in [0.2, 0.25) is 0 Å². The Bertz CT molecular complexity index is 1110. The summed E-state index contributed by atoms with van der Waals surface area (Å²) in [7, 11) is 2.13. The molecule has 4 aromatic rings. The van der Waals surface area contributed by atoms with E-state index in [-0.39, 0.29) is 5.82 Å². The summed E-state index contributed by atoms with van der Waals surface area (Å²) in [4.78, 5) is 9.47. The van der Waals surface area contributed by atoms with Gasteiger partial charge in [0.15, 0.2) is 11.6 Å². The number of hydrogen-bond acceptors (Lipinski definition) is 5. The van der Waals surface area contributed by atoms with Crippen LogP contribution in [0.25, 0.3) is 28.1 Å². The highest BCUT2D eigenvalue weighted by Gasteiger charge is 2.22. The van der Waals surface area contributed by atoms with Crippen LogP contribution in [0, 0.1) is 5.82 Å². The van der Waals surface area contributed by atoms with Crippen LogP contribution >= 0.6 is 0 Å². The Morgan fingerprint density at radius 2 is 1.63 bits per heavy atom. The second kappa shape index (κ2) is 6.28. The van der Waals surface area contributed by atoms with Gasteiger partial charge in [0.05, 0.1) is 11.0 Å². The molecule has 0 bridgehead atoms. The summed E-state index contributed by atoms with van der Waals surface area (Å²) in [6.45, 7) is 3.77. The van der Waals surface area contributed by atoms with Crippen LogP contribution < -0.4 is 4.90 Å². The van der Waals surface area contributed by atoms with Crippen molar-refractivity contribution in [3.63, 3.8) is 0 Å². The van der Waals surface area contributed by atoms with Gasteiger partial charge in [-0.05, 0) is 43.4 Å². The minimum atomic E-state index is -0.266. The maximum Gasteiger partial charge on any atom is 0.204 e. The fraction of sp³-hybridized carbons (Fsp3) is 0.250. The molecule has 0 atom stereocenters. The standard InChI is InChI=1S/C20H19FN6/c1-25-10-12-26(13-11-25)19-20-24-23-18(14-6-8-15(21)9-7-14)27(20)17-5-3-2-4-16(17)22-19/h2-9H,10-13H2,1H3. The fourth-order valence-corrected chi connectivity index (χ4v) is 3.59. The first kappa shape index (κ1) is 16.1. The van der Waals surface area contributed by atoms with E-state index in [1.807, 2.05) is 28.7 Å². The van der Waals surface area contributed by atoms with E-state index in [1.165, 1.54) is 12.1 Å². The molecule has 3 heterocycles. The molecule has 27 heavy (non-hydrogen) atoms. The van der Waals surface area contributed by atoms with Gasteiger partial charge in [0, 0.05) is 31.7 Å². The van der Waals surface area contributed by atoms with E-state index in [0.717, 1.165) is 54.2 Å². The van der Waals surface area contributed by atoms with Crippen molar-refractivity contribution >= 4 is 22.5 Å². The third-order valence-electron chi connectivity index (χ3n) is 5.12. The van der Waals surface area contributed by atoms with E-state index in [2.05, 4.69) is 27.0 Å². The highest BCUT2D eigenvalue weighted by Crippen LogP contribution is 2.29. The third kappa shape index (κ3) is 2.71. The minimum Gasteiger partial charge on any atom is -0.351 e. The number of benzene rings is 2. The number of likely N-dealkylation sites (N-methyl/N-ethyl adjacent to an activating group) is 1. The quantitative estimate of drug-likeness (QED) is 0.549. The van der Waals surface area contributed by atoms with Gasteiger partial charge in [-0.2, -0.15) is 0 Å². The summed E-state index contributed by atoms with van der Waals surface area (Å²) in [5.74, 6) is 1.28. The van der Waals surface area contributed by atoms with E-state index in [4.69, 9.17) is 4.98 Å². The van der Waals surface area contributed by atoms with Crippen molar-refractivity contribution < 1.29 is 4.39 Å². The van der Waals surface area contributed by atoms with Crippen LogP contribution in [-0.2, 0) is 0 Å². The summed E-state index contributed by atoms with van der Waals surface area (Å²) >= 11 is 0. The van der Waals surface area contributed by atoms with Crippen LogP contribution in [0.5, 0.6) is 0 Å². The lowest BCUT2D eigenvalue weighted by atomic mass is 10.2. The number of hydrogen-bond donors (Lipinski definition) is 0. The van der Waals surface area contributed by atoms with Gasteiger partial charge < -0.3 is 9.80 Å². The predicted molar refractivity (Wildman–Crippen MR) is 103 cm³/mol. The molecule has 5 rings (SSSR count). The molecular weight excluding hydrogens is 343 g/mol. The van der Waals surface area contributed by atoms with Crippen LogP contribution in [-0.4, -0.2) is 57.7 Å². The first-order valence-corrected chi connectivity index (χ1v) is 9.04. The minimum absolute atomic E-state index is 0.266. The Kier molecular flexibility index (Phi) is 3.75. The molecule has 2 aromatic carbocycles. The van der Waals surface area contributed by atoms with Crippen molar-refractivity contribution in [2.75, 3.05) is 38.1 Å². The monoisotopic (exact) mass is 362 g/mol. The highest BCUT2D eigenvalue weighted by molar-refractivity contribution is 5.85. The summed E-state index contributed by atoms with van der Waals surface area (Å²) in [5.41, 5.74) is 3.39. The van der Waals surface area contributed by atoms with Gasteiger partial charge in [0.1, 0.15) is 5.82 Å². The maximum atomic E-state index is 13.4. The lowest BCUT2D eigenvalue weighted by Gasteiger charge is -2.33. The van der Waals surface area contributed by atoms with Gasteiger partial charge in [0.25, 0.3) is 0 Å². The van der Waals surface area contributed by atoms with Crippen molar-refractivity contribution in [3.8, 4) is 11.4 Å². The smallest absolute Gasteiger partial charge is 0.204 e. The Hall–Kier alpha value is -3.06. The zero-order chi connectivity index (χ0) is 18.4. The normalized spacial score (nSPS) is 15.7. The molecular formula is C20H19FN6. The number of rotatable bonds is 2. The number of nitrogens with zero attached hydrogens (tertiary/aromatic N) is 6. The zero-order valence-corrected chi connectivity index (χ0v) is 15.0. The summed E-state index contributed by atoms with van der Waals surface area (Å²) < 4.78 is 15.4. The van der Waals surface area contributed by atoms with Crippen molar-refractivity contribution in [3.05, 3.63) is 54.3 Å². The zero-order valence-electron chi connectivity index (χ0n) is 15.0. The molecule has 1 saturated heterocycles. The number of para-hydroxylation sites is 2. The second-order valence-electron chi connectivity index (χ2n) is 6.90. The summed E-state index contributed by atoms with van der Waals surface area (Å²) in [5, 5.41) is 8.89. The number of halogens is 1. The second-order valence-corrected chi connectivity index (χ2v) is 6.90. The summed E-state index contributed by atoms with van der Waals surface area (Å²) in [6.07, 6.45) is 0. The van der Waals surface area contributed by atoms with Crippen LogP contribution in [0.1, 0.15) is 0 Å². The number of fused-ring (bicyclic) bond motifs is 3. The van der Waals surface area contributed by atoms with Gasteiger partial charge in [-0.1, -0.05) is 12.1 Å². The molecule has 6 nitrogen and oxygen atoms in total. The molecule has 1 fully saturated rings. The molecule has 0 aliphatic carbocycles. The third-order valence-corrected chi connectivity index (χ3v) is 5.12.